The van der Waals surface area contributed by atoms with E-state index in [2.05, 4.69) is 77.7 Å². The summed E-state index contributed by atoms with van der Waals surface area (Å²) < 4.78 is 0. The number of benzene rings is 2. The van der Waals surface area contributed by atoms with Crippen LogP contribution < -0.4 is 5.32 Å². The summed E-state index contributed by atoms with van der Waals surface area (Å²) >= 11 is 2.12. The predicted octanol–water partition coefficient (Wildman–Crippen LogP) is 4.30. The fourth-order valence-corrected chi connectivity index (χ4v) is 4.23. The molecule has 0 spiro atoms. The van der Waals surface area contributed by atoms with Crippen LogP contribution in [-0.4, -0.2) is 24.1 Å². The minimum absolute atomic E-state index is 0.443. The molecule has 2 heteroatoms. The zero-order chi connectivity index (χ0) is 14.3. The summed E-state index contributed by atoms with van der Waals surface area (Å²) in [5, 5.41) is 4.52. The van der Waals surface area contributed by atoms with Crippen LogP contribution in [0, 0.1) is 0 Å². The second-order valence-electron chi connectivity index (χ2n) is 5.67. The highest BCUT2D eigenvalue weighted by Gasteiger charge is 2.17. The second kappa shape index (κ2) is 7.67. The van der Waals surface area contributed by atoms with Crippen LogP contribution in [0.5, 0.6) is 0 Å². The Morgan fingerprint density at radius 2 is 1.57 bits per heavy atom. The van der Waals surface area contributed by atoms with Crippen LogP contribution in [0.3, 0.4) is 0 Å². The number of hydrogen-bond donors (Lipinski definition) is 1. The first kappa shape index (κ1) is 14.7. The third-order valence-electron chi connectivity index (χ3n) is 4.15. The van der Waals surface area contributed by atoms with Crippen LogP contribution in [0.1, 0.15) is 29.9 Å². The lowest BCUT2D eigenvalue weighted by atomic mass is 9.91. The number of nitrogens with one attached hydrogen (secondary N) is 1. The van der Waals surface area contributed by atoms with Crippen molar-refractivity contribution in [2.45, 2.75) is 24.0 Å². The lowest BCUT2D eigenvalue weighted by molar-refractivity contribution is 0.611. The van der Waals surface area contributed by atoms with Crippen LogP contribution in [0.25, 0.3) is 0 Å². The van der Waals surface area contributed by atoms with Gasteiger partial charge in [-0.2, -0.15) is 11.8 Å². The molecule has 0 radical (unpaired) electrons. The Morgan fingerprint density at radius 3 is 2.10 bits per heavy atom. The normalized spacial score (nSPS) is 18.2. The van der Waals surface area contributed by atoms with Crippen molar-refractivity contribution in [1.29, 1.82) is 0 Å². The van der Waals surface area contributed by atoms with E-state index in [0.29, 0.717) is 5.92 Å². The van der Waals surface area contributed by atoms with Gasteiger partial charge in [0.2, 0.25) is 0 Å². The molecule has 1 N–H and O–H groups in total. The molecular formula is C19H23NS. The van der Waals surface area contributed by atoms with Crippen LogP contribution >= 0.6 is 11.8 Å². The molecule has 1 aliphatic heterocycles. The Hall–Kier alpha value is -1.25. The van der Waals surface area contributed by atoms with Gasteiger partial charge in [0.15, 0.2) is 0 Å². The molecule has 1 aliphatic rings. The van der Waals surface area contributed by atoms with E-state index in [4.69, 9.17) is 0 Å². The van der Waals surface area contributed by atoms with Crippen LogP contribution in [0.2, 0.25) is 0 Å². The van der Waals surface area contributed by atoms with Gasteiger partial charge in [-0.05, 0) is 29.7 Å². The van der Waals surface area contributed by atoms with E-state index >= 15 is 0 Å². The molecule has 21 heavy (non-hydrogen) atoms. The van der Waals surface area contributed by atoms with E-state index < -0.39 is 0 Å². The highest BCUT2D eigenvalue weighted by Crippen LogP contribution is 2.26. The number of thioether (sulfide) groups is 1. The van der Waals surface area contributed by atoms with Crippen molar-refractivity contribution in [2.24, 2.45) is 0 Å². The summed E-state index contributed by atoms with van der Waals surface area (Å²) in [4.78, 5) is 0. The van der Waals surface area contributed by atoms with Crippen molar-refractivity contribution in [3.05, 3.63) is 71.8 Å². The average molecular weight is 297 g/mol. The summed E-state index contributed by atoms with van der Waals surface area (Å²) in [6, 6.07) is 21.7. The highest BCUT2D eigenvalue weighted by molar-refractivity contribution is 8.00. The minimum Gasteiger partial charge on any atom is -0.315 e. The van der Waals surface area contributed by atoms with E-state index in [9.17, 15) is 0 Å². The smallest absolute Gasteiger partial charge is 0.0214 e. The maximum Gasteiger partial charge on any atom is 0.0214 e. The Balaban J connectivity index is 1.67. The van der Waals surface area contributed by atoms with Crippen molar-refractivity contribution >= 4 is 11.8 Å². The summed E-state index contributed by atoms with van der Waals surface area (Å²) in [6.07, 6.45) is 2.76. The summed E-state index contributed by atoms with van der Waals surface area (Å²) in [5.74, 6) is 1.78. The quantitative estimate of drug-likeness (QED) is 0.853. The number of hydrogen-bond acceptors (Lipinski definition) is 2. The fourth-order valence-electron chi connectivity index (χ4n) is 2.99. The molecule has 110 valence electrons. The van der Waals surface area contributed by atoms with E-state index in [1.807, 2.05) is 0 Å². The van der Waals surface area contributed by atoms with E-state index in [0.717, 1.165) is 18.3 Å². The lowest BCUT2D eigenvalue weighted by Crippen LogP contribution is -2.28. The molecule has 2 aromatic rings. The third-order valence-corrected chi connectivity index (χ3v) is 5.55. The standard InChI is InChI=1S/C19H23NS/c1-3-8-16(9-4-1)19(17-10-5-2-6-11-17)15-20-14-18-12-7-13-21-18/h1-6,8-11,18-20H,7,12-15H2. The van der Waals surface area contributed by atoms with E-state index in [-0.39, 0.29) is 0 Å². The van der Waals surface area contributed by atoms with Crippen molar-refractivity contribution in [2.75, 3.05) is 18.8 Å². The molecule has 1 fully saturated rings. The molecule has 0 bridgehead atoms. The van der Waals surface area contributed by atoms with Gasteiger partial charge in [-0.1, -0.05) is 60.7 Å². The molecule has 0 aromatic heterocycles. The van der Waals surface area contributed by atoms with Crippen molar-refractivity contribution in [3.63, 3.8) is 0 Å². The second-order valence-corrected chi connectivity index (χ2v) is 7.08. The average Bonchev–Trinajstić information content (AvgIpc) is 3.07. The third kappa shape index (κ3) is 4.12. The molecule has 1 heterocycles. The van der Waals surface area contributed by atoms with Crippen molar-refractivity contribution in [1.82, 2.24) is 5.32 Å². The van der Waals surface area contributed by atoms with Gasteiger partial charge < -0.3 is 5.32 Å². The number of rotatable bonds is 6. The molecule has 1 unspecified atom stereocenters. The maximum atomic E-state index is 3.70. The van der Waals surface area contributed by atoms with Gasteiger partial charge in [-0.25, -0.2) is 0 Å². The summed E-state index contributed by atoms with van der Waals surface area (Å²) in [6.45, 7) is 2.16. The molecule has 0 amide bonds. The van der Waals surface area contributed by atoms with Crippen LogP contribution in [-0.2, 0) is 0 Å². The first-order valence-corrected chi connectivity index (χ1v) is 8.90. The van der Waals surface area contributed by atoms with Gasteiger partial charge >= 0.3 is 0 Å². The zero-order valence-electron chi connectivity index (χ0n) is 12.4. The van der Waals surface area contributed by atoms with Gasteiger partial charge in [0.05, 0.1) is 0 Å². The maximum absolute atomic E-state index is 3.70. The molecular weight excluding hydrogens is 274 g/mol. The van der Waals surface area contributed by atoms with Crippen LogP contribution in [0.15, 0.2) is 60.7 Å². The highest BCUT2D eigenvalue weighted by atomic mass is 32.2. The molecule has 3 rings (SSSR count). The largest absolute Gasteiger partial charge is 0.315 e. The molecule has 1 nitrogen and oxygen atoms in total. The first-order chi connectivity index (χ1) is 10.4. The first-order valence-electron chi connectivity index (χ1n) is 7.85. The minimum atomic E-state index is 0.443. The van der Waals surface area contributed by atoms with E-state index in [1.54, 1.807) is 0 Å². The van der Waals surface area contributed by atoms with Gasteiger partial charge in [-0.15, -0.1) is 0 Å². The fraction of sp³-hybridized carbons (Fsp3) is 0.368. The molecule has 2 aromatic carbocycles. The topological polar surface area (TPSA) is 12.0 Å². The van der Waals surface area contributed by atoms with E-state index in [1.165, 1.54) is 29.7 Å². The Labute approximate surface area is 132 Å². The van der Waals surface area contributed by atoms with Gasteiger partial charge in [0, 0.05) is 24.3 Å². The SMILES string of the molecule is c1ccc(C(CNCC2CCCS2)c2ccccc2)cc1. The predicted molar refractivity (Wildman–Crippen MR) is 93.1 cm³/mol. The molecule has 1 saturated heterocycles. The van der Waals surface area contributed by atoms with Crippen LogP contribution in [0.4, 0.5) is 0 Å². The van der Waals surface area contributed by atoms with Gasteiger partial charge in [0.1, 0.15) is 0 Å². The summed E-state index contributed by atoms with van der Waals surface area (Å²) in [5.41, 5.74) is 2.80. The monoisotopic (exact) mass is 297 g/mol. The Kier molecular flexibility index (Phi) is 5.36. The van der Waals surface area contributed by atoms with Gasteiger partial charge in [0.25, 0.3) is 0 Å². The Bertz CT molecular complexity index is 480. The lowest BCUT2D eigenvalue weighted by Gasteiger charge is -2.20. The Morgan fingerprint density at radius 1 is 0.952 bits per heavy atom. The zero-order valence-corrected chi connectivity index (χ0v) is 13.2. The molecule has 1 atom stereocenters. The molecule has 0 saturated carbocycles. The molecule has 0 aliphatic carbocycles. The van der Waals surface area contributed by atoms with Crippen molar-refractivity contribution in [3.8, 4) is 0 Å². The summed E-state index contributed by atoms with van der Waals surface area (Å²) in [7, 11) is 0. The van der Waals surface area contributed by atoms with Gasteiger partial charge in [-0.3, -0.25) is 0 Å². The van der Waals surface area contributed by atoms with Crippen molar-refractivity contribution < 1.29 is 0 Å².